The Balaban J connectivity index is 1.51. The van der Waals surface area contributed by atoms with Gasteiger partial charge in [-0.1, -0.05) is 30.3 Å². The van der Waals surface area contributed by atoms with E-state index in [0.717, 1.165) is 26.2 Å². The Morgan fingerprint density at radius 3 is 2.88 bits per heavy atom. The van der Waals surface area contributed by atoms with Crippen LogP contribution in [0.2, 0.25) is 0 Å². The molecule has 0 spiro atoms. The Bertz CT molecular complexity index is 730. The smallest absolute Gasteiger partial charge is 0.257 e. The second kappa shape index (κ2) is 6.98. The number of amides is 1. The number of ether oxygens (including phenoxy) is 1. The van der Waals surface area contributed by atoms with Crippen LogP contribution in [0.5, 0.6) is 0 Å². The number of rotatable bonds is 3. The van der Waals surface area contributed by atoms with Crippen LogP contribution < -0.4 is 0 Å². The summed E-state index contributed by atoms with van der Waals surface area (Å²) in [6, 6.07) is 10.3. The number of fused-ring (bicyclic) bond motifs is 3. The molecule has 132 valence electrons. The molecule has 1 aromatic heterocycles. The van der Waals surface area contributed by atoms with Gasteiger partial charge in [-0.2, -0.15) is 5.10 Å². The minimum Gasteiger partial charge on any atom is -0.379 e. The summed E-state index contributed by atoms with van der Waals surface area (Å²) in [4.78, 5) is 17.4. The number of nitrogens with zero attached hydrogens (tertiary/aromatic N) is 4. The van der Waals surface area contributed by atoms with Crippen LogP contribution in [0, 0.1) is 5.92 Å². The quantitative estimate of drug-likeness (QED) is 0.846. The molecule has 25 heavy (non-hydrogen) atoms. The molecule has 1 aromatic carbocycles. The monoisotopic (exact) mass is 340 g/mol. The zero-order valence-corrected chi connectivity index (χ0v) is 14.5. The van der Waals surface area contributed by atoms with E-state index in [9.17, 15) is 4.79 Å². The van der Waals surface area contributed by atoms with Crippen molar-refractivity contribution in [2.75, 3.05) is 39.9 Å². The second-order valence-corrected chi connectivity index (χ2v) is 7.15. The highest BCUT2D eigenvalue weighted by atomic mass is 16.5. The van der Waals surface area contributed by atoms with Crippen LogP contribution in [0.15, 0.2) is 42.7 Å². The first kappa shape index (κ1) is 16.3. The van der Waals surface area contributed by atoms with E-state index < -0.39 is 0 Å². The number of hydrogen-bond donors (Lipinski definition) is 0. The maximum atomic E-state index is 13.1. The predicted octanol–water partition coefficient (Wildman–Crippen LogP) is 1.33. The van der Waals surface area contributed by atoms with Crippen LogP contribution in [0.1, 0.15) is 15.9 Å². The number of carbonyl (C=O) groups is 1. The van der Waals surface area contributed by atoms with E-state index in [1.807, 2.05) is 34.0 Å². The predicted molar refractivity (Wildman–Crippen MR) is 94.4 cm³/mol. The van der Waals surface area contributed by atoms with Crippen molar-refractivity contribution in [2.24, 2.45) is 5.92 Å². The third-order valence-electron chi connectivity index (χ3n) is 4.98. The van der Waals surface area contributed by atoms with Crippen molar-refractivity contribution in [1.82, 2.24) is 19.6 Å². The number of likely N-dealkylation sites (N-methyl/N-ethyl adjacent to an activating group) is 1. The highest BCUT2D eigenvalue weighted by molar-refractivity contribution is 5.94. The molecule has 0 radical (unpaired) electrons. The van der Waals surface area contributed by atoms with Crippen molar-refractivity contribution in [3.05, 3.63) is 53.9 Å². The molecule has 2 atom stereocenters. The minimum atomic E-state index is 0.0649. The lowest BCUT2D eigenvalue weighted by Crippen LogP contribution is -2.45. The Hall–Kier alpha value is -2.18. The van der Waals surface area contributed by atoms with Gasteiger partial charge in [-0.15, -0.1) is 0 Å². The van der Waals surface area contributed by atoms with E-state index in [1.165, 1.54) is 5.56 Å². The van der Waals surface area contributed by atoms with Gasteiger partial charge in [-0.05, 0) is 12.6 Å². The molecule has 0 N–H and O–H groups in total. The summed E-state index contributed by atoms with van der Waals surface area (Å²) >= 11 is 0. The Labute approximate surface area is 148 Å². The fourth-order valence-corrected chi connectivity index (χ4v) is 3.82. The summed E-state index contributed by atoms with van der Waals surface area (Å²) in [6.45, 7) is 4.63. The molecule has 6 nitrogen and oxygen atoms in total. The van der Waals surface area contributed by atoms with Gasteiger partial charge < -0.3 is 14.5 Å². The molecular weight excluding hydrogens is 316 g/mol. The Morgan fingerprint density at radius 1 is 1.20 bits per heavy atom. The molecule has 6 heteroatoms. The van der Waals surface area contributed by atoms with Gasteiger partial charge in [-0.25, -0.2) is 0 Å². The van der Waals surface area contributed by atoms with Crippen molar-refractivity contribution >= 4 is 5.91 Å². The standard InChI is InChI=1S/C19H24N4O2/c1-21-8-16-10-23(18(12-21)14-25-13-16)19(24)17-7-20-22(11-17)9-15-5-3-2-4-6-15/h2-7,11,16,18H,8-10,12-14H2,1H3/t16-,18-/m0/s1. The van der Waals surface area contributed by atoms with Gasteiger partial charge in [0.15, 0.2) is 0 Å². The minimum absolute atomic E-state index is 0.0649. The van der Waals surface area contributed by atoms with Crippen LogP contribution in [-0.2, 0) is 11.3 Å². The largest absolute Gasteiger partial charge is 0.379 e. The molecular formula is C19H24N4O2. The molecule has 2 aliphatic heterocycles. The summed E-state index contributed by atoms with van der Waals surface area (Å²) in [5, 5.41) is 4.38. The van der Waals surface area contributed by atoms with E-state index in [1.54, 1.807) is 6.20 Å². The van der Waals surface area contributed by atoms with Crippen molar-refractivity contribution in [3.63, 3.8) is 0 Å². The lowest BCUT2D eigenvalue weighted by atomic mass is 10.1. The van der Waals surface area contributed by atoms with Crippen molar-refractivity contribution in [1.29, 1.82) is 0 Å². The maximum Gasteiger partial charge on any atom is 0.257 e. The van der Waals surface area contributed by atoms with Crippen LogP contribution in [0.25, 0.3) is 0 Å². The van der Waals surface area contributed by atoms with Crippen LogP contribution >= 0.6 is 0 Å². The maximum absolute atomic E-state index is 13.1. The summed E-state index contributed by atoms with van der Waals surface area (Å²) in [5.41, 5.74) is 1.83. The highest BCUT2D eigenvalue weighted by Crippen LogP contribution is 2.21. The second-order valence-electron chi connectivity index (χ2n) is 7.15. The first-order valence-corrected chi connectivity index (χ1v) is 8.82. The molecule has 2 aliphatic rings. The average molecular weight is 340 g/mol. The third kappa shape index (κ3) is 3.60. The third-order valence-corrected chi connectivity index (χ3v) is 4.98. The molecule has 4 rings (SSSR count). The average Bonchev–Trinajstić information content (AvgIpc) is 2.89. The van der Waals surface area contributed by atoms with Gasteiger partial charge >= 0.3 is 0 Å². The fraction of sp³-hybridized carbons (Fsp3) is 0.474. The number of benzene rings is 1. The SMILES string of the molecule is CN1C[C@@H]2COC[C@H](C1)N(C(=O)c1cnn(Cc3ccccc3)c1)C2. The fourth-order valence-electron chi connectivity index (χ4n) is 3.82. The molecule has 2 saturated heterocycles. The molecule has 0 saturated carbocycles. The van der Waals surface area contributed by atoms with Gasteiger partial charge in [0.05, 0.1) is 37.6 Å². The number of aromatic nitrogens is 2. The van der Waals surface area contributed by atoms with Crippen LogP contribution in [0.4, 0.5) is 0 Å². The van der Waals surface area contributed by atoms with E-state index >= 15 is 0 Å². The zero-order chi connectivity index (χ0) is 17.2. The van der Waals surface area contributed by atoms with Gasteiger partial charge in [0.25, 0.3) is 5.91 Å². The molecule has 3 heterocycles. The summed E-state index contributed by atoms with van der Waals surface area (Å²) in [6.07, 6.45) is 3.54. The van der Waals surface area contributed by atoms with Crippen LogP contribution in [-0.4, -0.2) is 71.4 Å². The first-order valence-electron chi connectivity index (χ1n) is 8.82. The molecule has 2 bridgehead atoms. The Morgan fingerprint density at radius 2 is 2.04 bits per heavy atom. The van der Waals surface area contributed by atoms with Crippen molar-refractivity contribution in [2.45, 2.75) is 12.6 Å². The van der Waals surface area contributed by atoms with Crippen molar-refractivity contribution in [3.8, 4) is 0 Å². The zero-order valence-electron chi connectivity index (χ0n) is 14.5. The van der Waals surface area contributed by atoms with E-state index in [4.69, 9.17) is 4.74 Å². The lowest BCUT2D eigenvalue weighted by molar-refractivity contribution is 0.0483. The van der Waals surface area contributed by atoms with E-state index in [0.29, 0.717) is 24.6 Å². The number of hydrogen-bond acceptors (Lipinski definition) is 4. The molecule has 2 aromatic rings. The van der Waals surface area contributed by atoms with Gasteiger partial charge in [0.2, 0.25) is 0 Å². The van der Waals surface area contributed by atoms with E-state index in [2.05, 4.69) is 29.2 Å². The molecule has 0 unspecified atom stereocenters. The summed E-state index contributed by atoms with van der Waals surface area (Å²) in [7, 11) is 2.12. The van der Waals surface area contributed by atoms with Crippen LogP contribution in [0.3, 0.4) is 0 Å². The Kier molecular flexibility index (Phi) is 4.55. The highest BCUT2D eigenvalue weighted by Gasteiger charge is 2.35. The van der Waals surface area contributed by atoms with E-state index in [-0.39, 0.29) is 11.9 Å². The van der Waals surface area contributed by atoms with Crippen molar-refractivity contribution < 1.29 is 9.53 Å². The lowest BCUT2D eigenvalue weighted by Gasteiger charge is -2.29. The topological polar surface area (TPSA) is 50.6 Å². The van der Waals surface area contributed by atoms with Gasteiger partial charge in [0.1, 0.15) is 0 Å². The molecule has 1 amide bonds. The number of carbonyl (C=O) groups excluding carboxylic acids is 1. The summed E-state index contributed by atoms with van der Waals surface area (Å²) in [5.74, 6) is 0.441. The first-order chi connectivity index (χ1) is 12.2. The molecule has 2 fully saturated rings. The molecule has 0 aliphatic carbocycles. The summed E-state index contributed by atoms with van der Waals surface area (Å²) < 4.78 is 7.60. The van der Waals surface area contributed by atoms with Gasteiger partial charge in [0, 0.05) is 31.7 Å². The van der Waals surface area contributed by atoms with Gasteiger partial charge in [-0.3, -0.25) is 9.48 Å². The normalized spacial score (nSPS) is 24.1.